The number of hydrogen-bond acceptors (Lipinski definition) is 9. The molecule has 0 bridgehead atoms. The molecule has 1 heterocycles. The Balaban J connectivity index is 1.39. The highest BCUT2D eigenvalue weighted by molar-refractivity contribution is 5.67. The highest BCUT2D eigenvalue weighted by Crippen LogP contribution is 2.69. The predicted molar refractivity (Wildman–Crippen MR) is 161 cm³/mol. The number of fused-ring (bicyclic) bond motifs is 5. The van der Waals surface area contributed by atoms with Crippen LogP contribution in [0.4, 0.5) is 0 Å². The summed E-state index contributed by atoms with van der Waals surface area (Å²) in [6, 6.07) is 0. The Morgan fingerprint density at radius 1 is 0.841 bits per heavy atom. The lowest BCUT2D eigenvalue weighted by Crippen LogP contribution is -2.63. The van der Waals surface area contributed by atoms with Gasteiger partial charge in [-0.05, 0) is 92.8 Å². The summed E-state index contributed by atoms with van der Waals surface area (Å²) in [5.74, 6) is 0.956. The number of ether oxygens (including phenoxy) is 5. The van der Waals surface area contributed by atoms with Crippen LogP contribution in [0, 0.1) is 52.3 Å². The van der Waals surface area contributed by atoms with Gasteiger partial charge in [0.2, 0.25) is 0 Å². The Bertz CT molecular complexity index is 1110. The van der Waals surface area contributed by atoms with E-state index in [0.717, 1.165) is 57.8 Å². The number of rotatable bonds is 9. The standard InChI is InChI=1S/C35H54O9/c1-19(8-11-30-24(18-41-30)17-40-20(2)36)27-9-10-28-33-29(16-32(35(27,28)7)44-23(5)39)34(6)13-12-26(42-21(3)37)14-25(34)15-31(33)43-22(4)38/h19,24-33H,8-18H2,1-7H3/t19-,24-,25+,26-,27-,28+,29+,30-,31-,32+,33+,34+,35-/m1/s1. The summed E-state index contributed by atoms with van der Waals surface area (Å²) in [6.45, 7) is 14.0. The van der Waals surface area contributed by atoms with E-state index in [-0.39, 0.29) is 88.7 Å². The first kappa shape index (κ1) is 33.2. The molecule has 9 heteroatoms. The second kappa shape index (κ2) is 12.9. The van der Waals surface area contributed by atoms with Gasteiger partial charge in [0, 0.05) is 44.9 Å². The molecular weight excluding hydrogens is 564 g/mol. The van der Waals surface area contributed by atoms with Gasteiger partial charge >= 0.3 is 23.9 Å². The van der Waals surface area contributed by atoms with Gasteiger partial charge in [-0.3, -0.25) is 19.2 Å². The third-order valence-electron chi connectivity index (χ3n) is 12.9. The molecule has 0 N–H and O–H groups in total. The Kier molecular flexibility index (Phi) is 9.75. The summed E-state index contributed by atoms with van der Waals surface area (Å²) in [6.07, 6.45) is 7.64. The molecule has 0 aromatic heterocycles. The fourth-order valence-corrected chi connectivity index (χ4v) is 10.8. The first-order valence-electron chi connectivity index (χ1n) is 17.0. The summed E-state index contributed by atoms with van der Waals surface area (Å²) in [4.78, 5) is 48.2. The molecule has 0 amide bonds. The van der Waals surface area contributed by atoms with E-state index in [9.17, 15) is 19.2 Å². The van der Waals surface area contributed by atoms with Crippen LogP contribution < -0.4 is 0 Å². The number of carbonyl (C=O) groups excluding carboxylic acids is 4. The van der Waals surface area contributed by atoms with Crippen molar-refractivity contribution in [1.29, 1.82) is 0 Å². The number of hydrogen-bond donors (Lipinski definition) is 0. The maximum Gasteiger partial charge on any atom is 0.302 e. The van der Waals surface area contributed by atoms with Crippen molar-refractivity contribution in [3.8, 4) is 0 Å². The maximum absolute atomic E-state index is 12.6. The molecule has 13 atom stereocenters. The molecule has 5 fully saturated rings. The highest BCUT2D eigenvalue weighted by Gasteiger charge is 2.67. The molecular formula is C35H54O9. The Morgan fingerprint density at radius 2 is 1.55 bits per heavy atom. The largest absolute Gasteiger partial charge is 0.465 e. The van der Waals surface area contributed by atoms with Crippen LogP contribution in [-0.2, 0) is 42.9 Å². The van der Waals surface area contributed by atoms with Crippen molar-refractivity contribution in [2.45, 2.75) is 131 Å². The van der Waals surface area contributed by atoms with Gasteiger partial charge in [-0.2, -0.15) is 0 Å². The van der Waals surface area contributed by atoms with Gasteiger partial charge < -0.3 is 23.7 Å². The average molecular weight is 619 g/mol. The molecule has 1 saturated heterocycles. The minimum atomic E-state index is -0.256. The van der Waals surface area contributed by atoms with Crippen LogP contribution >= 0.6 is 0 Å². The van der Waals surface area contributed by atoms with Crippen LogP contribution in [0.25, 0.3) is 0 Å². The molecule has 9 nitrogen and oxygen atoms in total. The minimum absolute atomic E-state index is 0.0140. The maximum atomic E-state index is 12.6. The van der Waals surface area contributed by atoms with Crippen molar-refractivity contribution in [2.24, 2.45) is 52.3 Å². The number of esters is 4. The fourth-order valence-electron chi connectivity index (χ4n) is 10.8. The molecule has 0 spiro atoms. The van der Waals surface area contributed by atoms with Crippen molar-refractivity contribution in [2.75, 3.05) is 13.2 Å². The van der Waals surface area contributed by atoms with Crippen molar-refractivity contribution in [3.05, 3.63) is 0 Å². The van der Waals surface area contributed by atoms with Crippen LogP contribution in [0.5, 0.6) is 0 Å². The quantitative estimate of drug-likeness (QED) is 0.239. The Hall–Kier alpha value is -2.16. The van der Waals surface area contributed by atoms with Gasteiger partial charge in [-0.1, -0.05) is 20.8 Å². The molecule has 4 aliphatic carbocycles. The first-order chi connectivity index (χ1) is 20.7. The van der Waals surface area contributed by atoms with Gasteiger partial charge in [0.05, 0.1) is 19.3 Å². The monoisotopic (exact) mass is 618 g/mol. The van der Waals surface area contributed by atoms with Crippen LogP contribution in [0.15, 0.2) is 0 Å². The molecule has 0 unspecified atom stereocenters. The average Bonchev–Trinajstić information content (AvgIpc) is 3.26. The van der Waals surface area contributed by atoms with E-state index < -0.39 is 0 Å². The van der Waals surface area contributed by atoms with Crippen molar-refractivity contribution in [1.82, 2.24) is 0 Å². The lowest BCUT2D eigenvalue weighted by molar-refractivity contribution is -0.224. The SMILES string of the molecule is CC(=O)OC[C@@H]1CO[C@@H]1CC[C@@H](C)[C@H]1CC[C@H]2[C@@H]3[C@H](OC(C)=O)C[C@@H]4C[C@H](OC(C)=O)CC[C@]4(C)[C@H]3C[C@H](OC(C)=O)[C@]12C. The van der Waals surface area contributed by atoms with Crippen molar-refractivity contribution < 1.29 is 42.9 Å². The zero-order chi connectivity index (χ0) is 32.0. The van der Waals surface area contributed by atoms with E-state index in [1.165, 1.54) is 27.7 Å². The summed E-state index contributed by atoms with van der Waals surface area (Å²) in [7, 11) is 0. The lowest BCUT2D eigenvalue weighted by Gasteiger charge is -2.64. The van der Waals surface area contributed by atoms with Crippen LogP contribution in [0.2, 0.25) is 0 Å². The smallest absolute Gasteiger partial charge is 0.302 e. The summed E-state index contributed by atoms with van der Waals surface area (Å²) < 4.78 is 29.3. The summed E-state index contributed by atoms with van der Waals surface area (Å²) in [5, 5.41) is 0. The molecule has 5 aliphatic rings. The first-order valence-corrected chi connectivity index (χ1v) is 17.0. The van der Waals surface area contributed by atoms with Gasteiger partial charge in [0.1, 0.15) is 18.3 Å². The number of carbonyl (C=O) groups is 4. The van der Waals surface area contributed by atoms with E-state index in [1.54, 1.807) is 0 Å². The topological polar surface area (TPSA) is 114 Å². The van der Waals surface area contributed by atoms with Crippen LogP contribution in [0.1, 0.15) is 106 Å². The van der Waals surface area contributed by atoms with Crippen LogP contribution in [-0.4, -0.2) is 61.5 Å². The molecule has 44 heavy (non-hydrogen) atoms. The van der Waals surface area contributed by atoms with Gasteiger partial charge in [0.15, 0.2) is 0 Å². The van der Waals surface area contributed by atoms with Crippen molar-refractivity contribution >= 4 is 23.9 Å². The zero-order valence-electron chi connectivity index (χ0n) is 27.8. The van der Waals surface area contributed by atoms with E-state index in [2.05, 4.69) is 20.8 Å². The van der Waals surface area contributed by atoms with Crippen molar-refractivity contribution in [3.63, 3.8) is 0 Å². The van der Waals surface area contributed by atoms with Gasteiger partial charge in [0.25, 0.3) is 0 Å². The van der Waals surface area contributed by atoms with Gasteiger partial charge in [-0.15, -0.1) is 0 Å². The van der Waals surface area contributed by atoms with E-state index in [4.69, 9.17) is 23.7 Å². The molecule has 4 saturated carbocycles. The Labute approximate surface area is 262 Å². The van der Waals surface area contributed by atoms with E-state index in [0.29, 0.717) is 25.0 Å². The molecule has 248 valence electrons. The zero-order valence-corrected chi connectivity index (χ0v) is 27.8. The lowest BCUT2D eigenvalue weighted by atomic mass is 9.43. The minimum Gasteiger partial charge on any atom is -0.465 e. The Morgan fingerprint density at radius 3 is 2.16 bits per heavy atom. The highest BCUT2D eigenvalue weighted by atomic mass is 16.6. The second-order valence-corrected chi connectivity index (χ2v) is 15.3. The van der Waals surface area contributed by atoms with Crippen LogP contribution in [0.3, 0.4) is 0 Å². The van der Waals surface area contributed by atoms with E-state index >= 15 is 0 Å². The third-order valence-corrected chi connectivity index (χ3v) is 12.9. The second-order valence-electron chi connectivity index (χ2n) is 15.3. The fraction of sp³-hybridized carbons (Fsp3) is 0.886. The summed E-state index contributed by atoms with van der Waals surface area (Å²) >= 11 is 0. The van der Waals surface area contributed by atoms with Gasteiger partial charge in [-0.25, -0.2) is 0 Å². The molecule has 0 aromatic carbocycles. The molecule has 1 aliphatic heterocycles. The molecule has 5 rings (SSSR count). The summed E-state index contributed by atoms with van der Waals surface area (Å²) in [5.41, 5.74) is -0.250. The third kappa shape index (κ3) is 6.28. The molecule has 0 aromatic rings. The molecule has 0 radical (unpaired) electrons. The normalized spacial score (nSPS) is 43.2. The predicted octanol–water partition coefficient (Wildman–Crippen LogP) is 5.65. The van der Waals surface area contributed by atoms with E-state index in [1.807, 2.05) is 0 Å².